The van der Waals surface area contributed by atoms with E-state index in [4.69, 9.17) is 11.6 Å². The van der Waals surface area contributed by atoms with E-state index < -0.39 is 0 Å². The highest BCUT2D eigenvalue weighted by Gasteiger charge is 2.05. The van der Waals surface area contributed by atoms with E-state index in [1.165, 1.54) is 18.6 Å². The van der Waals surface area contributed by atoms with Crippen LogP contribution in [0.15, 0.2) is 48.5 Å². The van der Waals surface area contributed by atoms with Gasteiger partial charge in [-0.1, -0.05) is 49.7 Å². The van der Waals surface area contributed by atoms with Crippen molar-refractivity contribution < 1.29 is 9.59 Å². The van der Waals surface area contributed by atoms with E-state index in [1.54, 1.807) is 24.3 Å². The van der Waals surface area contributed by atoms with Gasteiger partial charge in [0.15, 0.2) is 0 Å². The minimum atomic E-state index is -0.276. The molecule has 0 aliphatic heterocycles. The van der Waals surface area contributed by atoms with Crippen molar-refractivity contribution in [2.45, 2.75) is 26.7 Å². The molecule has 4 nitrogen and oxygen atoms in total. The Hall–Kier alpha value is -2.59. The van der Waals surface area contributed by atoms with E-state index in [2.05, 4.69) is 36.6 Å². The third-order valence-electron chi connectivity index (χ3n) is 3.58. The molecule has 0 spiro atoms. The van der Waals surface area contributed by atoms with Crippen molar-refractivity contribution in [2.24, 2.45) is 0 Å². The first-order chi connectivity index (χ1) is 11.8. The molecule has 0 radical (unpaired) electrons. The number of carbonyl (C=O) groups is 2. The van der Waals surface area contributed by atoms with Crippen LogP contribution in [0, 0.1) is 0 Å². The normalized spacial score (nSPS) is 10.9. The van der Waals surface area contributed by atoms with Crippen molar-refractivity contribution in [3.8, 4) is 0 Å². The summed E-state index contributed by atoms with van der Waals surface area (Å²) in [6.07, 6.45) is 3.21. The van der Waals surface area contributed by atoms with Crippen LogP contribution in [0.1, 0.15) is 37.8 Å². The Kier molecular flexibility index (Phi) is 6.37. The molecule has 0 fully saturated rings. The van der Waals surface area contributed by atoms with Crippen LogP contribution in [-0.2, 0) is 9.59 Å². The first-order valence-electron chi connectivity index (χ1n) is 8.01. The number of rotatable bonds is 5. The van der Waals surface area contributed by atoms with Crippen molar-refractivity contribution in [3.63, 3.8) is 0 Å². The van der Waals surface area contributed by atoms with Gasteiger partial charge >= 0.3 is 0 Å². The van der Waals surface area contributed by atoms with Crippen LogP contribution >= 0.6 is 11.6 Å². The Morgan fingerprint density at radius 1 is 1.04 bits per heavy atom. The molecule has 0 saturated heterocycles. The zero-order valence-corrected chi connectivity index (χ0v) is 15.2. The molecule has 2 amide bonds. The zero-order valence-electron chi connectivity index (χ0n) is 14.5. The molecule has 2 aromatic rings. The number of amides is 2. The summed E-state index contributed by atoms with van der Waals surface area (Å²) in [4.78, 5) is 23.1. The van der Waals surface area contributed by atoms with Gasteiger partial charge in [-0.25, -0.2) is 0 Å². The van der Waals surface area contributed by atoms with E-state index in [0.717, 1.165) is 5.56 Å². The lowest BCUT2D eigenvalue weighted by Gasteiger charge is -2.08. The Morgan fingerprint density at radius 3 is 2.28 bits per heavy atom. The van der Waals surface area contributed by atoms with Crippen LogP contribution in [0.25, 0.3) is 6.08 Å². The summed E-state index contributed by atoms with van der Waals surface area (Å²) < 4.78 is 0. The maximum atomic E-state index is 12.0. The van der Waals surface area contributed by atoms with Gasteiger partial charge in [-0.2, -0.15) is 0 Å². The summed E-state index contributed by atoms with van der Waals surface area (Å²) in [5, 5.41) is 5.71. The van der Waals surface area contributed by atoms with Crippen molar-refractivity contribution in [1.82, 2.24) is 0 Å². The number of anilines is 2. The summed E-state index contributed by atoms with van der Waals surface area (Å²) in [5.74, 6) is 0.0188. The average molecular weight is 357 g/mol. The third-order valence-corrected chi connectivity index (χ3v) is 3.89. The highest BCUT2D eigenvalue weighted by molar-refractivity contribution is 6.34. The predicted molar refractivity (Wildman–Crippen MR) is 104 cm³/mol. The van der Waals surface area contributed by atoms with Crippen LogP contribution < -0.4 is 10.6 Å². The van der Waals surface area contributed by atoms with E-state index >= 15 is 0 Å². The standard InChI is InChI=1S/C20H21ClN2O2/c1-13(2)16-7-4-15(5-8-16)6-11-20(25)23-19-10-9-17(12-18(19)21)22-14(3)24/h4-13H,1-3H3,(H,22,24)(H,23,25)/b11-6+. The molecule has 0 saturated carbocycles. The topological polar surface area (TPSA) is 58.2 Å². The van der Waals surface area contributed by atoms with Crippen LogP contribution in [0.5, 0.6) is 0 Å². The van der Waals surface area contributed by atoms with Crippen molar-refractivity contribution >= 4 is 40.9 Å². The largest absolute Gasteiger partial charge is 0.326 e. The summed E-state index contributed by atoms with van der Waals surface area (Å²) in [5.41, 5.74) is 3.27. The van der Waals surface area contributed by atoms with Gasteiger partial charge in [0.25, 0.3) is 0 Å². The number of carbonyl (C=O) groups excluding carboxylic acids is 2. The SMILES string of the molecule is CC(=O)Nc1ccc(NC(=O)/C=C/c2ccc(C(C)C)cc2)c(Cl)c1. The molecule has 0 aromatic heterocycles. The van der Waals surface area contributed by atoms with Crippen LogP contribution in [0.2, 0.25) is 5.02 Å². The van der Waals surface area contributed by atoms with Gasteiger partial charge in [-0.05, 0) is 41.3 Å². The Bertz CT molecular complexity index is 796. The number of benzene rings is 2. The average Bonchev–Trinajstić information content (AvgIpc) is 2.55. The summed E-state index contributed by atoms with van der Waals surface area (Å²) in [6, 6.07) is 13.0. The van der Waals surface area contributed by atoms with Crippen LogP contribution in [0.3, 0.4) is 0 Å². The van der Waals surface area contributed by atoms with Crippen LogP contribution in [0.4, 0.5) is 11.4 Å². The second-order valence-electron chi connectivity index (χ2n) is 6.02. The summed E-state index contributed by atoms with van der Waals surface area (Å²) >= 11 is 6.13. The lowest BCUT2D eigenvalue weighted by atomic mass is 10.0. The fourth-order valence-electron chi connectivity index (χ4n) is 2.24. The predicted octanol–water partition coefficient (Wildman–Crippen LogP) is 5.07. The van der Waals surface area contributed by atoms with E-state index in [0.29, 0.717) is 22.3 Å². The maximum absolute atomic E-state index is 12.0. The molecule has 0 aliphatic carbocycles. The molecule has 0 bridgehead atoms. The Labute approximate surface area is 152 Å². The van der Waals surface area contributed by atoms with Gasteiger partial charge in [0.2, 0.25) is 11.8 Å². The second kappa shape index (κ2) is 8.49. The fourth-order valence-corrected chi connectivity index (χ4v) is 2.46. The Balaban J connectivity index is 2.00. The molecule has 130 valence electrons. The third kappa shape index (κ3) is 5.76. The summed E-state index contributed by atoms with van der Waals surface area (Å²) in [6.45, 7) is 5.70. The van der Waals surface area contributed by atoms with Crippen molar-refractivity contribution in [3.05, 3.63) is 64.7 Å². The summed E-state index contributed by atoms with van der Waals surface area (Å²) in [7, 11) is 0. The number of nitrogens with one attached hydrogen (secondary N) is 2. The first kappa shape index (κ1) is 18.7. The molecule has 25 heavy (non-hydrogen) atoms. The molecular weight excluding hydrogens is 336 g/mol. The van der Waals surface area contributed by atoms with Gasteiger partial charge in [0.1, 0.15) is 0 Å². The molecule has 2 aromatic carbocycles. The van der Waals surface area contributed by atoms with E-state index in [9.17, 15) is 9.59 Å². The molecule has 0 unspecified atom stereocenters. The Morgan fingerprint density at radius 2 is 1.72 bits per heavy atom. The fraction of sp³-hybridized carbons (Fsp3) is 0.200. The lowest BCUT2D eigenvalue weighted by Crippen LogP contribution is -2.09. The monoisotopic (exact) mass is 356 g/mol. The van der Waals surface area contributed by atoms with E-state index in [-0.39, 0.29) is 11.8 Å². The quantitative estimate of drug-likeness (QED) is 0.734. The number of hydrogen-bond donors (Lipinski definition) is 2. The van der Waals surface area contributed by atoms with Gasteiger partial charge in [-0.15, -0.1) is 0 Å². The van der Waals surface area contributed by atoms with Crippen LogP contribution in [-0.4, -0.2) is 11.8 Å². The molecule has 5 heteroatoms. The van der Waals surface area contributed by atoms with Gasteiger partial charge in [0, 0.05) is 18.7 Å². The molecule has 0 aliphatic rings. The van der Waals surface area contributed by atoms with Gasteiger partial charge < -0.3 is 10.6 Å². The first-order valence-corrected chi connectivity index (χ1v) is 8.39. The molecule has 2 N–H and O–H groups in total. The number of halogens is 1. The zero-order chi connectivity index (χ0) is 18.4. The number of hydrogen-bond acceptors (Lipinski definition) is 2. The van der Waals surface area contributed by atoms with Crippen molar-refractivity contribution in [2.75, 3.05) is 10.6 Å². The minimum Gasteiger partial charge on any atom is -0.326 e. The maximum Gasteiger partial charge on any atom is 0.248 e. The molecular formula is C20H21ClN2O2. The van der Waals surface area contributed by atoms with Crippen molar-refractivity contribution in [1.29, 1.82) is 0 Å². The second-order valence-corrected chi connectivity index (χ2v) is 6.43. The molecule has 0 atom stereocenters. The highest BCUT2D eigenvalue weighted by Crippen LogP contribution is 2.25. The van der Waals surface area contributed by atoms with E-state index in [1.807, 2.05) is 12.1 Å². The lowest BCUT2D eigenvalue weighted by molar-refractivity contribution is -0.114. The van der Waals surface area contributed by atoms with Gasteiger partial charge in [0.05, 0.1) is 10.7 Å². The molecule has 2 rings (SSSR count). The smallest absolute Gasteiger partial charge is 0.248 e. The highest BCUT2D eigenvalue weighted by atomic mass is 35.5. The minimum absolute atomic E-state index is 0.181. The van der Waals surface area contributed by atoms with Gasteiger partial charge in [-0.3, -0.25) is 9.59 Å². The molecule has 0 heterocycles.